The Bertz CT molecular complexity index is 1720. The third-order valence-electron chi connectivity index (χ3n) is 6.51. The Hall–Kier alpha value is -4.01. The second kappa shape index (κ2) is 10.3. The van der Waals surface area contributed by atoms with E-state index in [0.29, 0.717) is 22.0 Å². The van der Waals surface area contributed by atoms with E-state index in [9.17, 15) is 18.8 Å². The van der Waals surface area contributed by atoms with Crippen LogP contribution < -0.4 is 10.1 Å². The van der Waals surface area contributed by atoms with E-state index in [2.05, 4.69) is 5.10 Å². The Labute approximate surface area is 233 Å². The summed E-state index contributed by atoms with van der Waals surface area (Å²) in [6, 6.07) is 13.9. The molecule has 39 heavy (non-hydrogen) atoms. The van der Waals surface area contributed by atoms with Crippen LogP contribution in [0.1, 0.15) is 42.1 Å². The number of amides is 2. The number of H-pyrrole nitrogens is 1. The predicted molar refractivity (Wildman–Crippen MR) is 147 cm³/mol. The monoisotopic (exact) mass is 565 g/mol. The molecule has 2 amide bonds. The van der Waals surface area contributed by atoms with Crippen molar-refractivity contribution < 1.29 is 18.5 Å². The lowest BCUT2D eigenvalue weighted by Gasteiger charge is -2.14. The van der Waals surface area contributed by atoms with Gasteiger partial charge in [-0.3, -0.25) is 24.4 Å². The average molecular weight is 566 g/mol. The molecule has 2 aromatic carbocycles. The van der Waals surface area contributed by atoms with E-state index < -0.39 is 23.2 Å². The molecule has 0 aliphatic carbocycles. The van der Waals surface area contributed by atoms with E-state index in [4.69, 9.17) is 23.2 Å². The number of nitrogens with one attached hydrogen (secondary N) is 1. The van der Waals surface area contributed by atoms with E-state index in [1.54, 1.807) is 41.2 Å². The van der Waals surface area contributed by atoms with Crippen molar-refractivity contribution in [2.75, 3.05) is 0 Å². The lowest BCUT2D eigenvalue weighted by atomic mass is 9.98. The minimum atomic E-state index is -0.618. The van der Waals surface area contributed by atoms with Crippen LogP contribution in [0.5, 0.6) is 0 Å². The molecule has 0 atom stereocenters. The zero-order chi connectivity index (χ0) is 28.0. The molecule has 0 unspecified atom stereocenters. The fourth-order valence-corrected chi connectivity index (χ4v) is 4.89. The van der Waals surface area contributed by atoms with Gasteiger partial charge in [0, 0.05) is 17.3 Å². The van der Waals surface area contributed by atoms with Crippen LogP contribution >= 0.6 is 23.2 Å². The molecule has 198 valence electrons. The number of hydrogen-bond donors (Lipinski definition) is 1. The highest BCUT2D eigenvalue weighted by Gasteiger charge is 2.47. The van der Waals surface area contributed by atoms with Crippen LogP contribution in [0, 0.1) is 12.7 Å². The number of pyridine rings is 1. The fourth-order valence-electron chi connectivity index (χ4n) is 4.60. The maximum absolute atomic E-state index is 14.0. The molecule has 0 saturated heterocycles. The lowest BCUT2D eigenvalue weighted by molar-refractivity contribution is -0.577. The number of nitrogens with zero attached hydrogens (tertiary/aromatic N) is 3. The Morgan fingerprint density at radius 3 is 2.33 bits per heavy atom. The first kappa shape index (κ1) is 26.6. The van der Waals surface area contributed by atoms with E-state index >= 15 is 0 Å². The molecule has 1 N–H and O–H groups in total. The van der Waals surface area contributed by atoms with Crippen LogP contribution in [0.3, 0.4) is 0 Å². The van der Waals surface area contributed by atoms with Gasteiger partial charge in [0.05, 0.1) is 27.8 Å². The van der Waals surface area contributed by atoms with E-state index in [1.807, 2.05) is 26.8 Å². The van der Waals surface area contributed by atoms with Crippen molar-refractivity contribution in [1.29, 1.82) is 0 Å². The summed E-state index contributed by atoms with van der Waals surface area (Å²) >= 11 is 12.3. The topological polar surface area (TPSA) is 79.1 Å². The van der Waals surface area contributed by atoms with Gasteiger partial charge in [0.1, 0.15) is 11.4 Å². The van der Waals surface area contributed by atoms with Gasteiger partial charge in [0.15, 0.2) is 12.4 Å². The summed E-state index contributed by atoms with van der Waals surface area (Å²) < 4.78 is 16.4. The van der Waals surface area contributed by atoms with Crippen LogP contribution in [0.15, 0.2) is 71.8 Å². The summed E-state index contributed by atoms with van der Waals surface area (Å²) in [6.45, 7) is 5.54. The van der Waals surface area contributed by atoms with E-state index in [0.717, 1.165) is 10.5 Å². The van der Waals surface area contributed by atoms with Crippen LogP contribution in [-0.4, -0.2) is 26.5 Å². The molecular weight excluding hydrogens is 542 g/mol. The Morgan fingerprint density at radius 2 is 1.69 bits per heavy atom. The van der Waals surface area contributed by atoms with Crippen LogP contribution in [-0.2, 0) is 16.1 Å². The SMILES string of the molecule is Cc1ccc[n+](C2=C(c3c(C(C)C)[nH]n(-c4ccc(Cl)c(Cl)c4)c3=O)C(=O)N(Cc3ccc(F)cc3)C2=O)c1. The lowest BCUT2D eigenvalue weighted by Crippen LogP contribution is -2.39. The van der Waals surface area contributed by atoms with E-state index in [1.165, 1.54) is 28.9 Å². The molecule has 0 spiro atoms. The molecule has 0 bridgehead atoms. The molecular formula is C29H24Cl2FN4O3+. The number of hydrogen-bond acceptors (Lipinski definition) is 3. The maximum atomic E-state index is 14.0. The largest absolute Gasteiger partial charge is 0.327 e. The van der Waals surface area contributed by atoms with Gasteiger partial charge in [-0.1, -0.05) is 49.2 Å². The molecule has 3 heterocycles. The summed E-state index contributed by atoms with van der Waals surface area (Å²) in [5.74, 6) is -1.81. The standard InChI is InChI=1S/C29H23Cl2FN4O3/c1-16(2)25-23(28(38)36(33-25)20-10-11-21(30)22(31)13-20)24-26(34-12-4-5-17(3)14-34)29(39)35(27(24)37)15-18-6-8-19(32)9-7-18/h4-14,16H,15H2,1-3H3/p+1. The molecule has 7 nitrogen and oxygen atoms in total. The maximum Gasteiger partial charge on any atom is 0.327 e. The van der Waals surface area contributed by atoms with Gasteiger partial charge in [-0.2, -0.15) is 4.57 Å². The number of aromatic amines is 1. The minimum Gasteiger partial charge on any atom is -0.294 e. The zero-order valence-corrected chi connectivity index (χ0v) is 22.8. The summed E-state index contributed by atoms with van der Waals surface area (Å²) in [4.78, 5) is 42.9. The van der Waals surface area contributed by atoms with Gasteiger partial charge >= 0.3 is 5.91 Å². The highest BCUT2D eigenvalue weighted by Crippen LogP contribution is 2.33. The van der Waals surface area contributed by atoms with Gasteiger partial charge in [0.25, 0.3) is 17.2 Å². The summed E-state index contributed by atoms with van der Waals surface area (Å²) in [5, 5.41) is 3.71. The minimum absolute atomic E-state index is 0.0125. The quantitative estimate of drug-likeness (QED) is 0.255. The number of carbonyl (C=O) groups excluding carboxylic acids is 2. The molecule has 0 radical (unpaired) electrons. The van der Waals surface area contributed by atoms with Crippen molar-refractivity contribution in [3.05, 3.63) is 116 Å². The van der Waals surface area contributed by atoms with E-state index in [-0.39, 0.29) is 34.3 Å². The number of aryl methyl sites for hydroxylation is 1. The summed E-state index contributed by atoms with van der Waals surface area (Å²) in [5.41, 5.74) is 1.96. The number of halogens is 3. The number of rotatable bonds is 6. The van der Waals surface area contributed by atoms with Crippen LogP contribution in [0.25, 0.3) is 17.0 Å². The zero-order valence-electron chi connectivity index (χ0n) is 21.3. The van der Waals surface area contributed by atoms with Crippen molar-refractivity contribution in [1.82, 2.24) is 14.7 Å². The Kier molecular flexibility index (Phi) is 7.01. The number of benzene rings is 2. The van der Waals surface area contributed by atoms with Gasteiger partial charge in [0.2, 0.25) is 0 Å². The average Bonchev–Trinajstić information content (AvgIpc) is 3.35. The highest BCUT2D eigenvalue weighted by atomic mass is 35.5. The normalized spacial score (nSPS) is 13.8. The first-order valence-electron chi connectivity index (χ1n) is 12.2. The third-order valence-corrected chi connectivity index (χ3v) is 7.25. The second-order valence-electron chi connectivity index (χ2n) is 9.63. The molecule has 0 fully saturated rings. The Balaban J connectivity index is 1.74. The molecule has 2 aromatic heterocycles. The molecule has 0 saturated carbocycles. The third kappa shape index (κ3) is 4.82. The first-order chi connectivity index (χ1) is 18.6. The second-order valence-corrected chi connectivity index (χ2v) is 10.4. The summed E-state index contributed by atoms with van der Waals surface area (Å²) in [7, 11) is 0. The van der Waals surface area contributed by atoms with Crippen LogP contribution in [0.4, 0.5) is 4.39 Å². The molecule has 10 heteroatoms. The smallest absolute Gasteiger partial charge is 0.294 e. The van der Waals surface area contributed by atoms with Crippen molar-refractivity contribution in [3.8, 4) is 5.69 Å². The van der Waals surface area contributed by atoms with Crippen LogP contribution in [0.2, 0.25) is 10.0 Å². The van der Waals surface area contributed by atoms with Crippen molar-refractivity contribution in [3.63, 3.8) is 0 Å². The van der Waals surface area contributed by atoms with Crippen molar-refractivity contribution in [2.45, 2.75) is 33.2 Å². The number of imide groups is 1. The summed E-state index contributed by atoms with van der Waals surface area (Å²) in [6.07, 6.45) is 3.38. The van der Waals surface area contributed by atoms with Gasteiger partial charge in [-0.05, 0) is 54.8 Å². The number of carbonyl (C=O) groups is 2. The molecule has 5 rings (SSSR count). The van der Waals surface area contributed by atoms with Crippen molar-refractivity contribution >= 4 is 46.3 Å². The molecule has 4 aromatic rings. The number of aromatic nitrogens is 3. The van der Waals surface area contributed by atoms with Gasteiger partial charge < -0.3 is 0 Å². The van der Waals surface area contributed by atoms with Gasteiger partial charge in [-0.25, -0.2) is 9.07 Å². The Morgan fingerprint density at radius 1 is 0.974 bits per heavy atom. The molecule has 1 aliphatic heterocycles. The molecule has 1 aliphatic rings. The van der Waals surface area contributed by atoms with Gasteiger partial charge in [-0.15, -0.1) is 0 Å². The predicted octanol–water partition coefficient (Wildman–Crippen LogP) is 5.27. The first-order valence-corrected chi connectivity index (χ1v) is 13.0. The fraction of sp³-hybridized carbons (Fsp3) is 0.172. The highest BCUT2D eigenvalue weighted by molar-refractivity contribution is 6.44. The van der Waals surface area contributed by atoms with Crippen molar-refractivity contribution in [2.24, 2.45) is 0 Å².